The number of aromatic hydroxyl groups is 2. The number of benzene rings is 2. The third-order valence-corrected chi connectivity index (χ3v) is 8.98. The van der Waals surface area contributed by atoms with E-state index in [0.717, 1.165) is 67.3 Å². The molecule has 271 valence electrons. The molecule has 7 heteroatoms. The van der Waals surface area contributed by atoms with Crippen LogP contribution in [0.5, 0.6) is 11.5 Å². The van der Waals surface area contributed by atoms with Crippen molar-refractivity contribution in [1.82, 2.24) is 5.32 Å². The van der Waals surface area contributed by atoms with Crippen molar-refractivity contribution in [2.75, 3.05) is 20.1 Å². The molecule has 0 saturated heterocycles. The Morgan fingerprint density at radius 3 is 1.33 bits per heavy atom. The van der Waals surface area contributed by atoms with Gasteiger partial charge < -0.3 is 21.3 Å². The molecule has 3 rings (SSSR count). The van der Waals surface area contributed by atoms with Gasteiger partial charge in [0.05, 0.1) is 12.1 Å². The molecule has 48 heavy (non-hydrogen) atoms. The molecule has 2 atom stereocenters. The number of phenolic OH excluding ortho intramolecular Hbond substituents is 2. The van der Waals surface area contributed by atoms with Crippen molar-refractivity contribution in [3.8, 4) is 11.5 Å². The van der Waals surface area contributed by atoms with Crippen LogP contribution in [0.15, 0.2) is 34.3 Å². The summed E-state index contributed by atoms with van der Waals surface area (Å²) in [6, 6.07) is 8.53. The van der Waals surface area contributed by atoms with Crippen LogP contribution in [0.25, 0.3) is 5.73 Å². The fourth-order valence-electron chi connectivity index (χ4n) is 5.74. The maximum Gasteiger partial charge on any atom is 0.128 e. The van der Waals surface area contributed by atoms with Crippen molar-refractivity contribution in [3.05, 3.63) is 63.4 Å². The van der Waals surface area contributed by atoms with Gasteiger partial charge in [-0.1, -0.05) is 114 Å². The summed E-state index contributed by atoms with van der Waals surface area (Å²) in [5, 5.41) is 25.5. The van der Waals surface area contributed by atoms with E-state index in [1.807, 2.05) is 19.5 Å². The first kappa shape index (κ1) is 43.8. The molecule has 6 nitrogen and oxygen atoms in total. The van der Waals surface area contributed by atoms with Crippen molar-refractivity contribution in [3.63, 3.8) is 0 Å². The number of rotatable bonds is 8. The Hall–Kier alpha value is -2.18. The molecule has 0 aliphatic heterocycles. The largest absolute Gasteiger partial charge is 0.677 e. The Morgan fingerprint density at radius 1 is 0.667 bits per heavy atom. The summed E-state index contributed by atoms with van der Waals surface area (Å²) in [6.07, 6.45) is 10.1. The summed E-state index contributed by atoms with van der Waals surface area (Å²) in [5.74, 6) is 0.637. The van der Waals surface area contributed by atoms with Crippen LogP contribution in [0.2, 0.25) is 0 Å². The Balaban J connectivity index is 0.00000130. The van der Waals surface area contributed by atoms with Gasteiger partial charge in [0.15, 0.2) is 0 Å². The zero-order chi connectivity index (χ0) is 35.8. The van der Waals surface area contributed by atoms with Crippen LogP contribution in [-0.2, 0) is 38.7 Å². The number of nitrogens with one attached hydrogen (secondary N) is 2. The van der Waals surface area contributed by atoms with Crippen molar-refractivity contribution >= 4 is 12.4 Å². The number of hydrogen-bond donors (Lipinski definition) is 3. The van der Waals surface area contributed by atoms with Gasteiger partial charge in [-0.15, -0.1) is 0 Å². The molecule has 2 aromatic rings. The van der Waals surface area contributed by atoms with Gasteiger partial charge in [0.2, 0.25) is 0 Å². The number of aliphatic imine (C=N–C) groups is 2. The van der Waals surface area contributed by atoms with E-state index in [1.165, 1.54) is 11.1 Å². The van der Waals surface area contributed by atoms with Crippen LogP contribution < -0.4 is 5.32 Å². The molecule has 4 N–H and O–H groups in total. The zero-order valence-corrected chi connectivity index (χ0v) is 33.6. The fraction of sp³-hybridized carbons (Fsp3) is 0.659. The van der Waals surface area contributed by atoms with Crippen LogP contribution >= 0.6 is 0 Å². The molecule has 0 heterocycles. The average molecular weight is 703 g/mol. The average Bonchev–Trinajstić information content (AvgIpc) is 2.94. The summed E-state index contributed by atoms with van der Waals surface area (Å²) in [6.45, 7) is 27.7. The van der Waals surface area contributed by atoms with Gasteiger partial charge in [-0.2, -0.15) is 6.54 Å². The smallest absolute Gasteiger partial charge is 0.128 e. The van der Waals surface area contributed by atoms with E-state index in [0.29, 0.717) is 18.0 Å². The Bertz CT molecular complexity index is 1250. The second-order valence-electron chi connectivity index (χ2n) is 17.5. The molecule has 1 saturated carbocycles. The van der Waals surface area contributed by atoms with Crippen LogP contribution in [0.1, 0.15) is 155 Å². The molecule has 1 radical (unpaired) electrons. The van der Waals surface area contributed by atoms with Crippen molar-refractivity contribution < 1.29 is 27.3 Å². The number of hydrogen-bond acceptors (Lipinski definition) is 5. The summed E-state index contributed by atoms with van der Waals surface area (Å²) < 4.78 is 0. The van der Waals surface area contributed by atoms with E-state index >= 15 is 0 Å². The van der Waals surface area contributed by atoms with Crippen molar-refractivity contribution in [1.29, 1.82) is 0 Å². The second-order valence-corrected chi connectivity index (χ2v) is 17.5. The molecule has 1 aliphatic rings. The van der Waals surface area contributed by atoms with E-state index < -0.39 is 0 Å². The predicted octanol–water partition coefficient (Wildman–Crippen LogP) is 10.2. The van der Waals surface area contributed by atoms with E-state index in [4.69, 9.17) is 15.7 Å². The first-order chi connectivity index (χ1) is 21.6. The first-order valence-electron chi connectivity index (χ1n) is 17.7. The molecule has 0 bridgehead atoms. The molecule has 2 aromatic carbocycles. The molecule has 1 fully saturated rings. The summed E-state index contributed by atoms with van der Waals surface area (Å²) in [4.78, 5) is 10.1. The molecular weight excluding hydrogens is 635 g/mol. The second kappa shape index (κ2) is 18.2. The minimum Gasteiger partial charge on any atom is -0.677 e. The number of unbranched alkanes of at least 4 members (excludes halogenated alkanes) is 1. The minimum absolute atomic E-state index is 0. The van der Waals surface area contributed by atoms with E-state index in [1.54, 1.807) is 0 Å². The monoisotopic (exact) mass is 702 g/mol. The summed E-state index contributed by atoms with van der Waals surface area (Å²) in [5.41, 5.74) is 12.1. The topological polar surface area (TPSA) is 101 Å². The van der Waals surface area contributed by atoms with Crippen LogP contribution in [-0.4, -0.2) is 54.9 Å². The van der Waals surface area contributed by atoms with Crippen molar-refractivity contribution in [2.45, 2.75) is 155 Å². The number of nitrogens with zero attached hydrogens (tertiary/aromatic N) is 2. The van der Waals surface area contributed by atoms with E-state index in [9.17, 15) is 10.2 Å². The molecule has 0 amide bonds. The molecule has 0 spiro atoms. The minimum atomic E-state index is -0.179. The summed E-state index contributed by atoms with van der Waals surface area (Å²) >= 11 is 0. The van der Waals surface area contributed by atoms with Gasteiger partial charge in [0.1, 0.15) is 11.5 Å². The Kier molecular flexibility index (Phi) is 16.6. The van der Waals surface area contributed by atoms with E-state index in [2.05, 4.69) is 113 Å². The Morgan fingerprint density at radius 2 is 1.04 bits per heavy atom. The standard InChI is InChI=1S/C36H54N2O2.C5H13N2.Mn/c1-33(2,3)25-17-23(31(39)27(19-25)35(7,8)9)21-37-29-15-13-14-16-30(29)38-22-24-18-26(34(4,5)6)20-28(32(24)40)36(10,11)12;1-7-5-3-2-4-6;/h17-22,29-30,39-40H,13-16H2,1-12H3;6-7H,2-5H2,1H3;/q;-1;/t29-,30-;;/m0../s1. The third kappa shape index (κ3) is 12.9. The van der Waals surface area contributed by atoms with Crippen molar-refractivity contribution in [2.24, 2.45) is 9.98 Å². The van der Waals surface area contributed by atoms with E-state index in [-0.39, 0.29) is 50.8 Å². The predicted molar refractivity (Wildman–Crippen MR) is 205 cm³/mol. The SMILES string of the molecule is CC(C)(C)c1cc(C=N[C@H]2CCCC[C@@H]2N=Cc2cc(C(C)(C)C)cc(C(C)(C)C)c2O)c(O)c(C(C)(C)C)c1.CNCCCC[NH-].[Mn]. The van der Waals surface area contributed by atoms with Gasteiger partial charge in [0.25, 0.3) is 0 Å². The quantitative estimate of drug-likeness (QED) is 0.145. The fourth-order valence-corrected chi connectivity index (χ4v) is 5.74. The molecule has 1 aliphatic carbocycles. The van der Waals surface area contributed by atoms with Gasteiger partial charge in [0, 0.05) is 51.8 Å². The van der Waals surface area contributed by atoms with Crippen LogP contribution in [0.3, 0.4) is 0 Å². The number of phenols is 2. The first-order valence-corrected chi connectivity index (χ1v) is 17.7. The molecular formula is C41H67MnN4O2-. The normalized spacial score (nSPS) is 17.7. The zero-order valence-electron chi connectivity index (χ0n) is 32.4. The Labute approximate surface area is 304 Å². The summed E-state index contributed by atoms with van der Waals surface area (Å²) in [7, 11) is 1.93. The third-order valence-electron chi connectivity index (χ3n) is 8.98. The van der Waals surface area contributed by atoms with Gasteiger partial charge in [-0.25, -0.2) is 0 Å². The van der Waals surface area contributed by atoms with Gasteiger partial charge in [-0.05, 0) is 77.8 Å². The maximum atomic E-state index is 11.2. The molecule has 0 aromatic heterocycles. The van der Waals surface area contributed by atoms with Crippen LogP contribution in [0.4, 0.5) is 0 Å². The molecule has 0 unspecified atom stereocenters. The maximum absolute atomic E-state index is 11.2. The van der Waals surface area contributed by atoms with Crippen LogP contribution in [0, 0.1) is 0 Å². The van der Waals surface area contributed by atoms with Gasteiger partial charge in [-0.3, -0.25) is 9.98 Å². The van der Waals surface area contributed by atoms with Gasteiger partial charge >= 0.3 is 0 Å².